The zero-order chi connectivity index (χ0) is 35.3. The zero-order valence-electron chi connectivity index (χ0n) is 27.0. The largest absolute Gasteiger partial charge is 0.417 e. The lowest BCUT2D eigenvalue weighted by Gasteiger charge is -2.35. The van der Waals surface area contributed by atoms with Gasteiger partial charge in [0.25, 0.3) is 10.0 Å². The maximum Gasteiger partial charge on any atom is 0.417 e. The average molecular weight is 700 g/mol. The number of alkyl halides is 3. The molecule has 0 spiro atoms. The summed E-state index contributed by atoms with van der Waals surface area (Å²) < 4.78 is 70.6. The van der Waals surface area contributed by atoms with Crippen LogP contribution in [0.4, 0.5) is 18.9 Å². The maximum absolute atomic E-state index is 14.5. The minimum atomic E-state index is -4.90. The number of aryl methyl sites for hydroxylation is 1. The van der Waals surface area contributed by atoms with Gasteiger partial charge in [0, 0.05) is 18.5 Å². The first-order valence-electron chi connectivity index (χ1n) is 15.1. The number of nitrogens with one attached hydrogen (secondary N) is 1. The Morgan fingerprint density at radius 2 is 1.42 bits per heavy atom. The van der Waals surface area contributed by atoms with Crippen molar-refractivity contribution in [3.63, 3.8) is 0 Å². The fraction of sp³-hybridized carbons (Fsp3) is 0.278. The van der Waals surface area contributed by atoms with Gasteiger partial charge in [-0.05, 0) is 69.2 Å². The Kier molecular flexibility index (Phi) is 11.3. The Morgan fingerprint density at radius 1 is 0.833 bits per heavy atom. The number of hydrogen-bond acceptors (Lipinski definition) is 4. The second-order valence-electron chi connectivity index (χ2n) is 12.4. The molecule has 0 bridgehead atoms. The molecule has 2 amide bonds. The molecule has 4 rings (SSSR count). The minimum Gasteiger partial charge on any atom is -0.350 e. The number of anilines is 1. The van der Waals surface area contributed by atoms with Crippen LogP contribution >= 0.6 is 11.6 Å². The van der Waals surface area contributed by atoms with Gasteiger partial charge in [-0.3, -0.25) is 13.9 Å². The molecule has 0 saturated carbocycles. The number of sulfonamides is 1. The molecule has 1 N–H and O–H groups in total. The highest BCUT2D eigenvalue weighted by Crippen LogP contribution is 2.38. The normalized spacial score (nSPS) is 12.7. The van der Waals surface area contributed by atoms with Crippen LogP contribution in [-0.2, 0) is 38.8 Å². The van der Waals surface area contributed by atoms with Crippen molar-refractivity contribution < 1.29 is 31.2 Å². The van der Waals surface area contributed by atoms with Crippen molar-refractivity contribution in [2.24, 2.45) is 0 Å². The lowest BCUT2D eigenvalue weighted by molar-refractivity contribution is -0.140. The smallest absolute Gasteiger partial charge is 0.350 e. The molecule has 0 fully saturated rings. The van der Waals surface area contributed by atoms with Gasteiger partial charge in [-0.2, -0.15) is 13.2 Å². The van der Waals surface area contributed by atoms with Gasteiger partial charge in [0.2, 0.25) is 11.8 Å². The molecule has 0 radical (unpaired) electrons. The number of nitrogens with zero attached hydrogens (tertiary/aromatic N) is 2. The molecule has 0 aliphatic rings. The van der Waals surface area contributed by atoms with Crippen LogP contribution in [0.15, 0.2) is 108 Å². The highest BCUT2D eigenvalue weighted by Gasteiger charge is 2.38. The van der Waals surface area contributed by atoms with Crippen molar-refractivity contribution in [1.82, 2.24) is 10.2 Å². The van der Waals surface area contributed by atoms with E-state index in [9.17, 15) is 31.2 Å². The second kappa shape index (κ2) is 14.8. The number of carbonyl (C=O) groups excluding carboxylic acids is 2. The van der Waals surface area contributed by atoms with Crippen LogP contribution in [0.5, 0.6) is 0 Å². The molecule has 4 aromatic rings. The van der Waals surface area contributed by atoms with Gasteiger partial charge in [-0.15, -0.1) is 0 Å². The van der Waals surface area contributed by atoms with E-state index < -0.39 is 62.4 Å². The molecule has 0 aromatic heterocycles. The first-order valence-corrected chi connectivity index (χ1v) is 16.9. The van der Waals surface area contributed by atoms with Crippen LogP contribution in [-0.4, -0.2) is 43.3 Å². The number of benzene rings is 4. The van der Waals surface area contributed by atoms with E-state index in [2.05, 4.69) is 5.32 Å². The molecule has 0 saturated heterocycles. The minimum absolute atomic E-state index is 0.0815. The van der Waals surface area contributed by atoms with E-state index in [4.69, 9.17) is 11.6 Å². The third-order valence-electron chi connectivity index (χ3n) is 7.40. The maximum atomic E-state index is 14.5. The Balaban J connectivity index is 1.87. The Hall–Kier alpha value is -4.35. The molecule has 4 aromatic carbocycles. The lowest BCUT2D eigenvalue weighted by Crippen LogP contribution is -2.56. The summed E-state index contributed by atoms with van der Waals surface area (Å²) in [5.41, 5.74) is 0.0213. The summed E-state index contributed by atoms with van der Waals surface area (Å²) in [7, 11) is -4.60. The molecule has 0 heterocycles. The van der Waals surface area contributed by atoms with Crippen LogP contribution < -0.4 is 9.62 Å². The van der Waals surface area contributed by atoms with E-state index in [0.717, 1.165) is 23.3 Å². The number of rotatable bonds is 11. The fourth-order valence-corrected chi connectivity index (χ4v) is 6.68. The van der Waals surface area contributed by atoms with Gasteiger partial charge in [0.05, 0.1) is 21.2 Å². The summed E-state index contributed by atoms with van der Waals surface area (Å²) in [4.78, 5) is 29.5. The summed E-state index contributed by atoms with van der Waals surface area (Å²) in [6.07, 6.45) is -4.81. The summed E-state index contributed by atoms with van der Waals surface area (Å²) in [6, 6.07) is 24.9. The first kappa shape index (κ1) is 36.5. The second-order valence-corrected chi connectivity index (χ2v) is 14.7. The molecular weight excluding hydrogens is 663 g/mol. The Morgan fingerprint density at radius 3 is 1.98 bits per heavy atom. The van der Waals surface area contributed by atoms with Crippen LogP contribution in [0.3, 0.4) is 0 Å². The molecule has 0 aliphatic carbocycles. The molecule has 7 nitrogen and oxygen atoms in total. The third-order valence-corrected chi connectivity index (χ3v) is 9.51. The standard InChI is InChI=1S/C36H37ClF3N3O4S/c1-25-15-17-27(18-16-25)23-42(32(34(45)41-35(2,3)4)21-26-11-7-5-8-12-26)33(44)24-43(48(46,47)29-13-9-6-10-14-29)28-19-20-31(37)30(22-28)36(38,39)40/h5-20,22,32H,21,23-24H2,1-4H3,(H,41,45)/t32-/m1/s1. The molecule has 0 aliphatic heterocycles. The van der Waals surface area contributed by atoms with E-state index in [1.54, 1.807) is 51.1 Å². The first-order chi connectivity index (χ1) is 22.5. The molecule has 0 unspecified atom stereocenters. The summed E-state index contributed by atoms with van der Waals surface area (Å²) in [5, 5.41) is 2.31. The van der Waals surface area contributed by atoms with Gasteiger partial charge >= 0.3 is 6.18 Å². The van der Waals surface area contributed by atoms with E-state index in [1.165, 1.54) is 29.2 Å². The van der Waals surface area contributed by atoms with E-state index in [-0.39, 0.29) is 17.9 Å². The van der Waals surface area contributed by atoms with E-state index in [1.807, 2.05) is 37.3 Å². The number of hydrogen-bond donors (Lipinski definition) is 1. The highest BCUT2D eigenvalue weighted by atomic mass is 35.5. The van der Waals surface area contributed by atoms with Crippen LogP contribution in [0.2, 0.25) is 5.02 Å². The summed E-state index contributed by atoms with van der Waals surface area (Å²) in [5.74, 6) is -1.28. The molecule has 1 atom stereocenters. The third kappa shape index (κ3) is 9.38. The topological polar surface area (TPSA) is 86.8 Å². The van der Waals surface area contributed by atoms with Gasteiger partial charge in [0.1, 0.15) is 12.6 Å². The quantitative estimate of drug-likeness (QED) is 0.177. The number of carbonyl (C=O) groups is 2. The number of halogens is 4. The molecule has 12 heteroatoms. The van der Waals surface area contributed by atoms with Crippen molar-refractivity contribution in [3.8, 4) is 0 Å². The van der Waals surface area contributed by atoms with Crippen LogP contribution in [0, 0.1) is 6.92 Å². The zero-order valence-corrected chi connectivity index (χ0v) is 28.5. The highest BCUT2D eigenvalue weighted by molar-refractivity contribution is 7.92. The van der Waals surface area contributed by atoms with Gasteiger partial charge in [-0.1, -0.05) is 90.0 Å². The summed E-state index contributed by atoms with van der Waals surface area (Å²) >= 11 is 5.87. The monoisotopic (exact) mass is 699 g/mol. The van der Waals surface area contributed by atoms with Crippen molar-refractivity contribution in [2.75, 3.05) is 10.8 Å². The van der Waals surface area contributed by atoms with Crippen LogP contribution in [0.1, 0.15) is 43.0 Å². The van der Waals surface area contributed by atoms with Crippen molar-refractivity contribution in [2.45, 2.75) is 63.3 Å². The fourth-order valence-electron chi connectivity index (χ4n) is 5.03. The SMILES string of the molecule is Cc1ccc(CN(C(=O)CN(c2ccc(Cl)c(C(F)(F)F)c2)S(=O)(=O)c2ccccc2)[C@H](Cc2ccccc2)C(=O)NC(C)(C)C)cc1. The summed E-state index contributed by atoms with van der Waals surface area (Å²) in [6.45, 7) is 6.30. The predicted octanol–water partition coefficient (Wildman–Crippen LogP) is 7.42. The van der Waals surface area contributed by atoms with Crippen molar-refractivity contribution in [1.29, 1.82) is 0 Å². The van der Waals surface area contributed by atoms with E-state index in [0.29, 0.717) is 15.9 Å². The predicted molar refractivity (Wildman–Crippen MR) is 181 cm³/mol. The van der Waals surface area contributed by atoms with Crippen LogP contribution in [0.25, 0.3) is 0 Å². The van der Waals surface area contributed by atoms with E-state index >= 15 is 0 Å². The Labute approximate surface area is 284 Å². The van der Waals surface area contributed by atoms with Crippen molar-refractivity contribution in [3.05, 3.63) is 130 Å². The van der Waals surface area contributed by atoms with Gasteiger partial charge in [0.15, 0.2) is 0 Å². The average Bonchev–Trinajstić information content (AvgIpc) is 3.02. The molecule has 254 valence electrons. The number of amides is 2. The Bertz CT molecular complexity index is 1830. The molecular formula is C36H37ClF3N3O4S. The van der Waals surface area contributed by atoms with Gasteiger partial charge in [-0.25, -0.2) is 8.42 Å². The van der Waals surface area contributed by atoms with Crippen molar-refractivity contribution >= 4 is 39.1 Å². The lowest BCUT2D eigenvalue weighted by atomic mass is 10.0. The van der Waals surface area contributed by atoms with Gasteiger partial charge < -0.3 is 10.2 Å². The molecule has 48 heavy (non-hydrogen) atoms.